The third-order valence-corrected chi connectivity index (χ3v) is 4.88. The highest BCUT2D eigenvalue weighted by Gasteiger charge is 2.17. The zero-order valence-corrected chi connectivity index (χ0v) is 17.6. The number of hydrogen-bond donors (Lipinski definition) is 1. The molecule has 152 valence electrons. The second-order valence-corrected chi connectivity index (χ2v) is 7.60. The van der Waals surface area contributed by atoms with Gasteiger partial charge >= 0.3 is 0 Å². The van der Waals surface area contributed by atoms with Crippen molar-refractivity contribution in [2.45, 2.75) is 12.5 Å². The Hall–Kier alpha value is -3.18. The van der Waals surface area contributed by atoms with Crippen LogP contribution in [-0.2, 0) is 4.74 Å². The number of halogens is 1. The predicted molar refractivity (Wildman–Crippen MR) is 117 cm³/mol. The number of aromatic nitrogens is 4. The normalized spacial score (nSPS) is 13.1. The molecule has 0 amide bonds. The fraction of sp³-hybridized carbons (Fsp3) is 0.227. The van der Waals surface area contributed by atoms with Crippen LogP contribution in [0.3, 0.4) is 0 Å². The number of nitrogens with zero attached hydrogens (tertiary/aromatic N) is 5. The fourth-order valence-electron chi connectivity index (χ4n) is 3.22. The SMILES string of the molecule is COCC(C)(O)C#Cc1cccc(N(C)c2nc3nncn3c3cc(Cl)ccc23)c1. The van der Waals surface area contributed by atoms with E-state index in [1.165, 1.54) is 7.11 Å². The molecule has 2 aromatic carbocycles. The first-order valence-electron chi connectivity index (χ1n) is 9.25. The van der Waals surface area contributed by atoms with Crippen LogP contribution in [0.1, 0.15) is 12.5 Å². The maximum absolute atomic E-state index is 10.2. The number of ether oxygens (including phenoxy) is 1. The molecule has 0 aliphatic heterocycles. The first-order chi connectivity index (χ1) is 14.4. The summed E-state index contributed by atoms with van der Waals surface area (Å²) in [6, 6.07) is 13.3. The highest BCUT2D eigenvalue weighted by atomic mass is 35.5. The van der Waals surface area contributed by atoms with Crippen LogP contribution in [0, 0.1) is 11.8 Å². The number of rotatable bonds is 4. The zero-order chi connectivity index (χ0) is 21.3. The monoisotopic (exact) mass is 421 g/mol. The number of anilines is 2. The Morgan fingerprint density at radius 3 is 2.90 bits per heavy atom. The van der Waals surface area contributed by atoms with Crippen molar-refractivity contribution < 1.29 is 9.84 Å². The van der Waals surface area contributed by atoms with Gasteiger partial charge in [-0.3, -0.25) is 4.40 Å². The van der Waals surface area contributed by atoms with E-state index in [-0.39, 0.29) is 6.61 Å². The van der Waals surface area contributed by atoms with E-state index < -0.39 is 5.60 Å². The maximum Gasteiger partial charge on any atom is 0.257 e. The smallest absolute Gasteiger partial charge is 0.257 e. The Labute approximate surface area is 178 Å². The van der Waals surface area contributed by atoms with E-state index in [0.717, 1.165) is 28.0 Å². The highest BCUT2D eigenvalue weighted by molar-refractivity contribution is 6.31. The van der Waals surface area contributed by atoms with Crippen molar-refractivity contribution in [1.29, 1.82) is 0 Å². The average Bonchev–Trinajstić information content (AvgIpc) is 3.20. The van der Waals surface area contributed by atoms with Gasteiger partial charge in [-0.1, -0.05) is 29.5 Å². The summed E-state index contributed by atoms with van der Waals surface area (Å²) in [5.74, 6) is 7.07. The van der Waals surface area contributed by atoms with Gasteiger partial charge in [0.2, 0.25) is 0 Å². The summed E-state index contributed by atoms with van der Waals surface area (Å²) in [7, 11) is 3.46. The molecule has 1 atom stereocenters. The van der Waals surface area contributed by atoms with Crippen LogP contribution in [0.25, 0.3) is 16.7 Å². The second kappa shape index (κ2) is 7.92. The molecule has 8 heteroatoms. The third kappa shape index (κ3) is 3.94. The third-order valence-electron chi connectivity index (χ3n) is 4.65. The Kier molecular flexibility index (Phi) is 5.31. The standard InChI is InChI=1S/C22H20ClN5O2/c1-22(29,13-30-3)10-9-15-5-4-6-17(11-15)27(2)20-18-8-7-16(23)12-19(18)28-14-24-26-21(28)25-20/h4-8,11-12,14,29H,13H2,1-3H3. The van der Waals surface area contributed by atoms with E-state index in [2.05, 4.69) is 27.0 Å². The van der Waals surface area contributed by atoms with Crippen LogP contribution >= 0.6 is 11.6 Å². The lowest BCUT2D eigenvalue weighted by Gasteiger charge is -2.21. The minimum absolute atomic E-state index is 0.135. The van der Waals surface area contributed by atoms with Crippen LogP contribution in [0.2, 0.25) is 5.02 Å². The molecule has 0 aliphatic carbocycles. The lowest BCUT2D eigenvalue weighted by Crippen LogP contribution is -2.27. The van der Waals surface area contributed by atoms with Gasteiger partial charge in [0.05, 0.1) is 12.1 Å². The van der Waals surface area contributed by atoms with Crippen molar-refractivity contribution >= 4 is 39.8 Å². The van der Waals surface area contributed by atoms with E-state index in [9.17, 15) is 5.11 Å². The minimum Gasteiger partial charge on any atom is -0.381 e. The first-order valence-corrected chi connectivity index (χ1v) is 9.63. The summed E-state index contributed by atoms with van der Waals surface area (Å²) in [5, 5.41) is 19.8. The van der Waals surface area contributed by atoms with Crippen LogP contribution in [0.4, 0.5) is 11.5 Å². The second-order valence-electron chi connectivity index (χ2n) is 7.16. The minimum atomic E-state index is -1.22. The quantitative estimate of drug-likeness (QED) is 0.509. The summed E-state index contributed by atoms with van der Waals surface area (Å²) in [6.07, 6.45) is 1.62. The number of benzene rings is 2. The number of fused-ring (bicyclic) bond motifs is 3. The first kappa shape index (κ1) is 20.1. The van der Waals surface area contributed by atoms with E-state index in [1.54, 1.807) is 17.7 Å². The Bertz CT molecular complexity index is 1290. The Morgan fingerprint density at radius 1 is 1.27 bits per heavy atom. The van der Waals surface area contributed by atoms with E-state index in [0.29, 0.717) is 10.8 Å². The van der Waals surface area contributed by atoms with Crippen molar-refractivity contribution in [2.75, 3.05) is 25.7 Å². The summed E-state index contributed by atoms with van der Waals surface area (Å²) < 4.78 is 6.81. The molecule has 0 spiro atoms. The molecule has 0 bridgehead atoms. The molecule has 2 heterocycles. The summed E-state index contributed by atoms with van der Waals surface area (Å²) in [4.78, 5) is 6.65. The Balaban J connectivity index is 1.77. The molecule has 0 saturated heterocycles. The molecule has 30 heavy (non-hydrogen) atoms. The van der Waals surface area contributed by atoms with Crippen molar-refractivity contribution in [1.82, 2.24) is 19.6 Å². The molecule has 0 aliphatic rings. The Morgan fingerprint density at radius 2 is 2.10 bits per heavy atom. The van der Waals surface area contributed by atoms with Gasteiger partial charge in [0, 0.05) is 35.8 Å². The van der Waals surface area contributed by atoms with Gasteiger partial charge in [0.25, 0.3) is 5.78 Å². The van der Waals surface area contributed by atoms with Crippen LogP contribution < -0.4 is 4.90 Å². The molecule has 7 nitrogen and oxygen atoms in total. The van der Waals surface area contributed by atoms with Crippen molar-refractivity contribution in [3.05, 3.63) is 59.4 Å². The molecule has 0 saturated carbocycles. The van der Waals surface area contributed by atoms with Crippen molar-refractivity contribution in [3.8, 4) is 11.8 Å². The fourth-order valence-corrected chi connectivity index (χ4v) is 3.38. The zero-order valence-electron chi connectivity index (χ0n) is 16.8. The summed E-state index contributed by atoms with van der Waals surface area (Å²) in [6.45, 7) is 1.75. The molecule has 0 radical (unpaired) electrons. The van der Waals surface area contributed by atoms with Gasteiger partial charge < -0.3 is 14.7 Å². The molecular formula is C22H20ClN5O2. The van der Waals surface area contributed by atoms with Gasteiger partial charge in [0.1, 0.15) is 17.7 Å². The van der Waals surface area contributed by atoms with E-state index in [1.807, 2.05) is 54.4 Å². The molecule has 1 unspecified atom stereocenters. The van der Waals surface area contributed by atoms with Crippen molar-refractivity contribution in [3.63, 3.8) is 0 Å². The predicted octanol–water partition coefficient (Wildman–Crippen LogP) is 3.45. The van der Waals surface area contributed by atoms with E-state index >= 15 is 0 Å². The summed E-state index contributed by atoms with van der Waals surface area (Å²) in [5.41, 5.74) is 1.31. The van der Waals surface area contributed by atoms with Gasteiger partial charge in [-0.15, -0.1) is 10.2 Å². The number of aliphatic hydroxyl groups is 1. The lowest BCUT2D eigenvalue weighted by atomic mass is 10.1. The molecule has 4 rings (SSSR count). The maximum atomic E-state index is 10.2. The molecule has 4 aromatic rings. The van der Waals surface area contributed by atoms with Gasteiger partial charge in [-0.2, -0.15) is 4.98 Å². The van der Waals surface area contributed by atoms with Crippen LogP contribution in [0.5, 0.6) is 0 Å². The van der Waals surface area contributed by atoms with Gasteiger partial charge in [-0.05, 0) is 43.3 Å². The number of methoxy groups -OCH3 is 1. The van der Waals surface area contributed by atoms with Gasteiger partial charge in [-0.25, -0.2) is 0 Å². The largest absolute Gasteiger partial charge is 0.381 e. The van der Waals surface area contributed by atoms with Crippen LogP contribution in [0.15, 0.2) is 48.8 Å². The lowest BCUT2D eigenvalue weighted by molar-refractivity contribution is 0.0274. The summed E-state index contributed by atoms with van der Waals surface area (Å²) >= 11 is 6.22. The van der Waals surface area contributed by atoms with Crippen molar-refractivity contribution in [2.24, 2.45) is 0 Å². The molecular weight excluding hydrogens is 402 g/mol. The highest BCUT2D eigenvalue weighted by Crippen LogP contribution is 2.31. The number of hydrogen-bond acceptors (Lipinski definition) is 6. The molecule has 1 N–H and O–H groups in total. The van der Waals surface area contributed by atoms with Crippen LogP contribution in [-0.4, -0.2) is 51.1 Å². The molecule has 0 fully saturated rings. The topological polar surface area (TPSA) is 75.8 Å². The average molecular weight is 422 g/mol. The van der Waals surface area contributed by atoms with E-state index in [4.69, 9.17) is 16.3 Å². The van der Waals surface area contributed by atoms with Gasteiger partial charge in [0.15, 0.2) is 0 Å². The molecule has 2 aromatic heterocycles.